The Bertz CT molecular complexity index is 661. The van der Waals surface area contributed by atoms with Crippen LogP contribution in [0.1, 0.15) is 16.7 Å². The summed E-state index contributed by atoms with van der Waals surface area (Å²) in [6.07, 6.45) is 1.44. The number of hydrazone groups is 1. The molecule has 2 rings (SSSR count). The summed E-state index contributed by atoms with van der Waals surface area (Å²) in [4.78, 5) is 11.6. The second-order valence-corrected chi connectivity index (χ2v) is 4.96. The number of amides is 1. The molecule has 5 heteroatoms. The molecule has 0 atom stereocenters. The summed E-state index contributed by atoms with van der Waals surface area (Å²) in [7, 11) is 0. The molecule has 1 N–H and O–H groups in total. The van der Waals surface area contributed by atoms with Gasteiger partial charge in [0.15, 0.2) is 6.61 Å². The third-order valence-electron chi connectivity index (χ3n) is 2.84. The van der Waals surface area contributed by atoms with E-state index >= 15 is 0 Å². The highest BCUT2D eigenvalue weighted by atomic mass is 19.1. The van der Waals surface area contributed by atoms with Gasteiger partial charge in [-0.05, 0) is 54.8 Å². The molecule has 0 saturated heterocycles. The second-order valence-electron chi connectivity index (χ2n) is 4.96. The molecule has 22 heavy (non-hydrogen) atoms. The van der Waals surface area contributed by atoms with E-state index in [-0.39, 0.29) is 18.3 Å². The van der Waals surface area contributed by atoms with Gasteiger partial charge in [0.2, 0.25) is 0 Å². The van der Waals surface area contributed by atoms with E-state index in [0.717, 1.165) is 11.1 Å². The number of nitrogens with zero attached hydrogens (tertiary/aromatic N) is 1. The van der Waals surface area contributed by atoms with Crippen LogP contribution in [0.2, 0.25) is 0 Å². The number of benzene rings is 2. The van der Waals surface area contributed by atoms with Gasteiger partial charge in [0.05, 0.1) is 6.21 Å². The number of nitrogens with one attached hydrogen (secondary N) is 1. The largest absolute Gasteiger partial charge is 0.484 e. The van der Waals surface area contributed by atoms with Crippen LogP contribution in [-0.4, -0.2) is 18.7 Å². The van der Waals surface area contributed by atoms with Crippen LogP contribution in [0, 0.1) is 19.7 Å². The highest BCUT2D eigenvalue weighted by molar-refractivity contribution is 5.82. The van der Waals surface area contributed by atoms with Gasteiger partial charge in [0, 0.05) is 0 Å². The molecule has 1 amide bonds. The van der Waals surface area contributed by atoms with Gasteiger partial charge in [-0.1, -0.05) is 18.2 Å². The molecule has 0 heterocycles. The molecule has 0 unspecified atom stereocenters. The van der Waals surface area contributed by atoms with Gasteiger partial charge in [0.25, 0.3) is 5.91 Å². The maximum Gasteiger partial charge on any atom is 0.277 e. The van der Waals surface area contributed by atoms with Crippen molar-refractivity contribution in [3.8, 4) is 5.75 Å². The lowest BCUT2D eigenvalue weighted by Gasteiger charge is -2.07. The number of hydrogen-bond donors (Lipinski definition) is 1. The maximum atomic E-state index is 12.7. The SMILES string of the molecule is Cc1cc(C)cc(OCC(=O)N/N=C\c2ccc(F)cc2)c1. The predicted octanol–water partition coefficient (Wildman–Crippen LogP) is 2.97. The fourth-order valence-electron chi connectivity index (χ4n) is 1.93. The fraction of sp³-hybridized carbons (Fsp3) is 0.176. The Morgan fingerprint density at radius 1 is 1.18 bits per heavy atom. The van der Waals surface area contributed by atoms with Crippen molar-refractivity contribution in [2.24, 2.45) is 5.10 Å². The first-order valence-electron chi connectivity index (χ1n) is 6.81. The quantitative estimate of drug-likeness (QED) is 0.682. The van der Waals surface area contributed by atoms with Crippen LogP contribution in [0.25, 0.3) is 0 Å². The van der Waals surface area contributed by atoms with Crippen molar-refractivity contribution in [2.75, 3.05) is 6.61 Å². The highest BCUT2D eigenvalue weighted by Gasteiger charge is 2.02. The molecular formula is C17H17FN2O2. The fourth-order valence-corrected chi connectivity index (χ4v) is 1.93. The van der Waals surface area contributed by atoms with Gasteiger partial charge in [0.1, 0.15) is 11.6 Å². The zero-order valence-electron chi connectivity index (χ0n) is 12.5. The smallest absolute Gasteiger partial charge is 0.277 e. The van der Waals surface area contributed by atoms with E-state index in [1.54, 1.807) is 12.1 Å². The van der Waals surface area contributed by atoms with Crippen LogP contribution in [0.3, 0.4) is 0 Å². The summed E-state index contributed by atoms with van der Waals surface area (Å²) in [6.45, 7) is 3.81. The lowest BCUT2D eigenvalue weighted by molar-refractivity contribution is -0.123. The average molecular weight is 300 g/mol. The summed E-state index contributed by atoms with van der Waals surface area (Å²) in [5.41, 5.74) is 5.20. The molecular weight excluding hydrogens is 283 g/mol. The molecule has 0 radical (unpaired) electrons. The number of hydrogen-bond acceptors (Lipinski definition) is 3. The molecule has 0 aliphatic carbocycles. The average Bonchev–Trinajstić information content (AvgIpc) is 2.46. The van der Waals surface area contributed by atoms with Crippen LogP contribution < -0.4 is 10.2 Å². The molecule has 0 saturated carbocycles. The first-order chi connectivity index (χ1) is 10.5. The van der Waals surface area contributed by atoms with Crippen molar-refractivity contribution >= 4 is 12.1 Å². The van der Waals surface area contributed by atoms with Gasteiger partial charge in [-0.2, -0.15) is 5.10 Å². The van der Waals surface area contributed by atoms with E-state index in [2.05, 4.69) is 10.5 Å². The Morgan fingerprint density at radius 3 is 2.45 bits per heavy atom. The lowest BCUT2D eigenvalue weighted by Crippen LogP contribution is -2.24. The summed E-state index contributed by atoms with van der Waals surface area (Å²) < 4.78 is 18.1. The van der Waals surface area contributed by atoms with E-state index in [9.17, 15) is 9.18 Å². The zero-order valence-corrected chi connectivity index (χ0v) is 12.5. The Labute approximate surface area is 128 Å². The number of carbonyl (C=O) groups excluding carboxylic acids is 1. The van der Waals surface area contributed by atoms with Crippen molar-refractivity contribution < 1.29 is 13.9 Å². The first-order valence-corrected chi connectivity index (χ1v) is 6.81. The number of ether oxygens (including phenoxy) is 1. The summed E-state index contributed by atoms with van der Waals surface area (Å²) >= 11 is 0. The van der Waals surface area contributed by atoms with E-state index in [1.807, 2.05) is 32.0 Å². The Kier molecular flexibility index (Phi) is 5.25. The van der Waals surface area contributed by atoms with Crippen LogP contribution >= 0.6 is 0 Å². The summed E-state index contributed by atoms with van der Waals surface area (Å²) in [5.74, 6) is -0.0317. The zero-order chi connectivity index (χ0) is 15.9. The number of halogens is 1. The van der Waals surface area contributed by atoms with Gasteiger partial charge >= 0.3 is 0 Å². The Hall–Kier alpha value is -2.69. The second kappa shape index (κ2) is 7.36. The monoisotopic (exact) mass is 300 g/mol. The van der Waals surface area contributed by atoms with Crippen molar-refractivity contribution in [2.45, 2.75) is 13.8 Å². The maximum absolute atomic E-state index is 12.7. The molecule has 0 bridgehead atoms. The van der Waals surface area contributed by atoms with Crippen molar-refractivity contribution in [1.82, 2.24) is 5.43 Å². The molecule has 2 aromatic rings. The van der Waals surface area contributed by atoms with Crippen molar-refractivity contribution in [3.05, 3.63) is 65.0 Å². The minimum Gasteiger partial charge on any atom is -0.484 e. The van der Waals surface area contributed by atoms with Crippen LogP contribution in [0.5, 0.6) is 5.75 Å². The minimum atomic E-state index is -0.363. The van der Waals surface area contributed by atoms with Crippen LogP contribution in [0.15, 0.2) is 47.6 Å². The molecule has 0 aliphatic heterocycles. The third-order valence-corrected chi connectivity index (χ3v) is 2.84. The van der Waals surface area contributed by atoms with Gasteiger partial charge in [-0.25, -0.2) is 9.82 Å². The van der Waals surface area contributed by atoms with E-state index in [1.165, 1.54) is 18.3 Å². The van der Waals surface area contributed by atoms with E-state index in [4.69, 9.17) is 4.74 Å². The summed E-state index contributed by atoms with van der Waals surface area (Å²) in [5, 5.41) is 3.79. The lowest BCUT2D eigenvalue weighted by atomic mass is 10.1. The van der Waals surface area contributed by atoms with Gasteiger partial charge in [-0.3, -0.25) is 4.79 Å². The summed E-state index contributed by atoms with van der Waals surface area (Å²) in [6, 6.07) is 11.5. The topological polar surface area (TPSA) is 50.7 Å². The molecule has 0 fully saturated rings. The third kappa shape index (κ3) is 5.01. The minimum absolute atomic E-state index is 0.121. The van der Waals surface area contributed by atoms with E-state index < -0.39 is 0 Å². The van der Waals surface area contributed by atoms with E-state index in [0.29, 0.717) is 11.3 Å². The molecule has 2 aromatic carbocycles. The molecule has 4 nitrogen and oxygen atoms in total. The number of carbonyl (C=O) groups is 1. The van der Waals surface area contributed by atoms with Crippen LogP contribution in [-0.2, 0) is 4.79 Å². The van der Waals surface area contributed by atoms with Crippen molar-refractivity contribution in [1.29, 1.82) is 0 Å². The predicted molar refractivity (Wildman–Crippen MR) is 83.5 cm³/mol. The van der Waals surface area contributed by atoms with Crippen LogP contribution in [0.4, 0.5) is 4.39 Å². The molecule has 0 spiro atoms. The first kappa shape index (κ1) is 15.7. The Balaban J connectivity index is 1.81. The number of rotatable bonds is 5. The molecule has 0 aromatic heterocycles. The Morgan fingerprint density at radius 2 is 1.82 bits per heavy atom. The molecule has 114 valence electrons. The molecule has 0 aliphatic rings. The standard InChI is InChI=1S/C17H17FN2O2/c1-12-7-13(2)9-16(8-12)22-11-17(21)20-19-10-14-3-5-15(18)6-4-14/h3-10H,11H2,1-2H3,(H,20,21)/b19-10-. The van der Waals surface area contributed by atoms with Crippen molar-refractivity contribution in [3.63, 3.8) is 0 Å². The number of aryl methyl sites for hydroxylation is 2. The van der Waals surface area contributed by atoms with Gasteiger partial charge in [-0.15, -0.1) is 0 Å². The highest BCUT2D eigenvalue weighted by Crippen LogP contribution is 2.15. The normalized spacial score (nSPS) is 10.7. The van der Waals surface area contributed by atoms with Gasteiger partial charge < -0.3 is 4.74 Å².